The van der Waals surface area contributed by atoms with E-state index in [-0.39, 0.29) is 24.3 Å². The van der Waals surface area contributed by atoms with Crippen molar-refractivity contribution in [3.8, 4) is 0 Å². The average Bonchev–Trinajstić information content (AvgIpc) is 3.70. The second-order valence-corrected chi connectivity index (χ2v) is 16.3. The highest BCUT2D eigenvalue weighted by atomic mass is 32.1. The van der Waals surface area contributed by atoms with Crippen LogP contribution in [0.25, 0.3) is 0 Å². The van der Waals surface area contributed by atoms with Crippen molar-refractivity contribution in [3.05, 3.63) is 87.9 Å². The molecule has 4 N–H and O–H groups in total. The first-order valence-corrected chi connectivity index (χ1v) is 19.2. The summed E-state index contributed by atoms with van der Waals surface area (Å²) in [4.78, 5) is 62.9. The zero-order chi connectivity index (χ0) is 38.7. The first kappa shape index (κ1) is 41.3. The molecule has 0 spiro atoms. The monoisotopic (exact) mass is 748 g/mol. The summed E-state index contributed by atoms with van der Waals surface area (Å²) in [5.74, 6) is -0.898. The van der Waals surface area contributed by atoms with Crippen molar-refractivity contribution in [1.82, 2.24) is 30.7 Å². The van der Waals surface area contributed by atoms with E-state index in [1.807, 2.05) is 102 Å². The van der Waals surface area contributed by atoms with Crippen LogP contribution in [0.15, 0.2) is 66.9 Å². The van der Waals surface area contributed by atoms with Gasteiger partial charge in [0.25, 0.3) is 0 Å². The van der Waals surface area contributed by atoms with E-state index in [1.54, 1.807) is 27.3 Å². The van der Waals surface area contributed by atoms with Gasteiger partial charge in [0, 0.05) is 30.2 Å². The minimum absolute atomic E-state index is 0.103. The zero-order valence-electron chi connectivity index (χ0n) is 32.0. The standard InChI is InChI=1S/C40H56N6O6S/c1-8-26(2)34(46-20-19-45(39(46)51)25-31-24-41-27(3)53-31)36(48)43-32(22-29-17-13-10-14-18-29)33(47)23-30(21-28-15-11-9-12-16-28)42-37(49)35(40(4,5)6)44-38(50)52-7/h9-18,24,26,30,32-35,47H,8,19-23,25H2,1-7H3,(H,42,49)(H,43,48)(H,44,50). The van der Waals surface area contributed by atoms with Crippen LogP contribution in [-0.4, -0.2) is 94.3 Å². The number of thiazole rings is 1. The number of carbonyl (C=O) groups is 4. The molecule has 3 aromatic rings. The number of aliphatic hydroxyl groups excluding tert-OH is 1. The Morgan fingerprint density at radius 1 is 0.943 bits per heavy atom. The van der Waals surface area contributed by atoms with E-state index in [0.717, 1.165) is 21.0 Å². The number of nitrogens with one attached hydrogen (secondary N) is 3. The number of alkyl carbamates (subject to hydrolysis) is 1. The number of benzene rings is 2. The maximum Gasteiger partial charge on any atom is 0.407 e. The van der Waals surface area contributed by atoms with Crippen LogP contribution in [0.4, 0.5) is 9.59 Å². The van der Waals surface area contributed by atoms with Crippen molar-refractivity contribution in [1.29, 1.82) is 0 Å². The molecule has 12 nitrogen and oxygen atoms in total. The number of aryl methyl sites for hydroxylation is 1. The van der Waals surface area contributed by atoms with E-state index in [9.17, 15) is 24.3 Å². The number of ether oxygens (including phenoxy) is 1. The molecule has 1 aliphatic rings. The Hall–Kier alpha value is -4.49. The molecule has 1 fully saturated rings. The summed E-state index contributed by atoms with van der Waals surface area (Å²) < 4.78 is 4.80. The fourth-order valence-corrected chi connectivity index (χ4v) is 7.52. The average molecular weight is 749 g/mol. The SMILES string of the molecule is CCC(C)C(C(=O)NC(Cc1ccccc1)C(O)CC(Cc1ccccc1)NC(=O)C(NC(=O)OC)C(C)(C)C)N1CCN(Cc2cnc(C)s2)C1=O. The van der Waals surface area contributed by atoms with E-state index in [1.165, 1.54) is 7.11 Å². The van der Waals surface area contributed by atoms with Crippen molar-refractivity contribution in [2.24, 2.45) is 11.3 Å². The van der Waals surface area contributed by atoms with Gasteiger partial charge < -0.3 is 35.6 Å². The van der Waals surface area contributed by atoms with Gasteiger partial charge in [-0.25, -0.2) is 14.6 Å². The predicted octanol–water partition coefficient (Wildman–Crippen LogP) is 5.08. The molecule has 1 aliphatic heterocycles. The summed E-state index contributed by atoms with van der Waals surface area (Å²) in [5.41, 5.74) is 1.22. The molecule has 5 amide bonds. The maximum atomic E-state index is 14.4. The Morgan fingerprint density at radius 3 is 2.11 bits per heavy atom. The van der Waals surface area contributed by atoms with Gasteiger partial charge in [-0.15, -0.1) is 11.3 Å². The lowest BCUT2D eigenvalue weighted by Crippen LogP contribution is -2.58. The second-order valence-electron chi connectivity index (χ2n) is 15.0. The van der Waals surface area contributed by atoms with Crippen LogP contribution in [0.1, 0.15) is 68.5 Å². The van der Waals surface area contributed by atoms with Crippen LogP contribution in [0.3, 0.4) is 0 Å². The van der Waals surface area contributed by atoms with E-state index in [0.29, 0.717) is 38.9 Å². The van der Waals surface area contributed by atoms with Gasteiger partial charge in [0.2, 0.25) is 11.8 Å². The molecule has 6 atom stereocenters. The summed E-state index contributed by atoms with van der Waals surface area (Å²) >= 11 is 1.55. The van der Waals surface area contributed by atoms with Gasteiger partial charge in [0.1, 0.15) is 12.1 Å². The van der Waals surface area contributed by atoms with Gasteiger partial charge in [0.15, 0.2) is 0 Å². The third-order valence-electron chi connectivity index (χ3n) is 9.79. The predicted molar refractivity (Wildman–Crippen MR) is 206 cm³/mol. The van der Waals surface area contributed by atoms with Crippen LogP contribution in [0.5, 0.6) is 0 Å². The summed E-state index contributed by atoms with van der Waals surface area (Å²) in [6, 6.07) is 16.1. The molecule has 2 heterocycles. The minimum Gasteiger partial charge on any atom is -0.453 e. The van der Waals surface area contributed by atoms with Crippen molar-refractivity contribution in [2.45, 2.75) is 104 Å². The van der Waals surface area contributed by atoms with Crippen molar-refractivity contribution in [2.75, 3.05) is 20.2 Å². The highest BCUT2D eigenvalue weighted by Gasteiger charge is 2.41. The molecule has 1 saturated heterocycles. The van der Waals surface area contributed by atoms with Crippen LogP contribution < -0.4 is 16.0 Å². The first-order chi connectivity index (χ1) is 25.2. The molecule has 1 aromatic heterocycles. The first-order valence-electron chi connectivity index (χ1n) is 18.4. The lowest BCUT2D eigenvalue weighted by Gasteiger charge is -2.35. The number of methoxy groups -OCH3 is 1. The molecule has 13 heteroatoms. The molecule has 0 bridgehead atoms. The zero-order valence-corrected chi connectivity index (χ0v) is 32.8. The molecule has 288 valence electrons. The topological polar surface area (TPSA) is 153 Å². The maximum absolute atomic E-state index is 14.4. The van der Waals surface area contributed by atoms with Crippen LogP contribution in [-0.2, 0) is 33.7 Å². The number of aromatic nitrogens is 1. The third kappa shape index (κ3) is 11.8. The lowest BCUT2D eigenvalue weighted by molar-refractivity contribution is -0.129. The molecule has 0 radical (unpaired) electrons. The summed E-state index contributed by atoms with van der Waals surface area (Å²) in [6.45, 7) is 12.8. The normalized spacial score (nSPS) is 16.6. The Labute approximate surface area is 317 Å². The van der Waals surface area contributed by atoms with Gasteiger partial charge in [-0.2, -0.15) is 0 Å². The molecular weight excluding hydrogens is 693 g/mol. The Balaban J connectivity index is 1.59. The van der Waals surface area contributed by atoms with Crippen LogP contribution in [0.2, 0.25) is 0 Å². The quantitative estimate of drug-likeness (QED) is 0.150. The minimum atomic E-state index is -1.09. The largest absolute Gasteiger partial charge is 0.453 e. The number of hydrogen-bond donors (Lipinski definition) is 4. The number of hydrogen-bond acceptors (Lipinski definition) is 8. The van der Waals surface area contributed by atoms with Gasteiger partial charge in [0.05, 0.1) is 30.8 Å². The van der Waals surface area contributed by atoms with Gasteiger partial charge in [-0.3, -0.25) is 9.59 Å². The number of nitrogens with zero attached hydrogens (tertiary/aromatic N) is 3. The van der Waals surface area contributed by atoms with Crippen molar-refractivity contribution < 1.29 is 29.0 Å². The smallest absolute Gasteiger partial charge is 0.407 e. The van der Waals surface area contributed by atoms with Crippen LogP contribution >= 0.6 is 11.3 Å². The number of urea groups is 1. The Kier molecular flexibility index (Phi) is 14.8. The highest BCUT2D eigenvalue weighted by molar-refractivity contribution is 7.11. The molecule has 4 rings (SSSR count). The second kappa shape index (κ2) is 19.0. The molecule has 2 aromatic carbocycles. The number of rotatable bonds is 17. The summed E-state index contributed by atoms with van der Waals surface area (Å²) in [6.07, 6.45) is 1.47. The van der Waals surface area contributed by atoms with Crippen molar-refractivity contribution in [3.63, 3.8) is 0 Å². The van der Waals surface area contributed by atoms with E-state index in [4.69, 9.17) is 4.74 Å². The third-order valence-corrected chi connectivity index (χ3v) is 10.7. The summed E-state index contributed by atoms with van der Waals surface area (Å²) in [5, 5.41) is 21.8. The fourth-order valence-electron chi connectivity index (χ4n) is 6.71. The molecule has 53 heavy (non-hydrogen) atoms. The lowest BCUT2D eigenvalue weighted by atomic mass is 9.85. The Morgan fingerprint density at radius 2 is 1.57 bits per heavy atom. The Bertz CT molecular complexity index is 1650. The summed E-state index contributed by atoms with van der Waals surface area (Å²) in [7, 11) is 1.24. The number of carbonyl (C=O) groups excluding carboxylic acids is 4. The number of aliphatic hydroxyl groups is 1. The van der Waals surface area contributed by atoms with Gasteiger partial charge in [-0.05, 0) is 48.6 Å². The van der Waals surface area contributed by atoms with Gasteiger partial charge >= 0.3 is 12.1 Å². The van der Waals surface area contributed by atoms with E-state index >= 15 is 0 Å². The van der Waals surface area contributed by atoms with E-state index < -0.39 is 47.7 Å². The van der Waals surface area contributed by atoms with E-state index in [2.05, 4.69) is 20.9 Å². The molecular formula is C40H56N6O6S. The highest BCUT2D eigenvalue weighted by Crippen LogP contribution is 2.25. The van der Waals surface area contributed by atoms with Crippen LogP contribution in [0, 0.1) is 18.3 Å². The van der Waals surface area contributed by atoms with Crippen molar-refractivity contribution >= 4 is 35.3 Å². The fraction of sp³-hybridized carbons (Fsp3) is 0.525. The molecule has 6 unspecified atom stereocenters. The molecule has 0 saturated carbocycles. The molecule has 0 aliphatic carbocycles. The van der Waals surface area contributed by atoms with Gasteiger partial charge in [-0.1, -0.05) is 102 Å². The number of amides is 5.